The normalized spacial score (nSPS) is 10.9. The lowest BCUT2D eigenvalue weighted by molar-refractivity contribution is 0.623. The molecule has 0 amide bonds. The van der Waals surface area contributed by atoms with Gasteiger partial charge in [0.05, 0.1) is 15.5 Å². The number of aromatic nitrogens is 2. The second kappa shape index (κ2) is 5.25. The molecular formula is C15H13BrFN3. The van der Waals surface area contributed by atoms with Crippen molar-refractivity contribution in [1.29, 1.82) is 0 Å². The lowest BCUT2D eigenvalue weighted by atomic mass is 10.2. The fourth-order valence-electron chi connectivity index (χ4n) is 2.21. The number of imidazole rings is 1. The van der Waals surface area contributed by atoms with Gasteiger partial charge in [0.1, 0.15) is 5.82 Å². The molecule has 0 aliphatic rings. The van der Waals surface area contributed by atoms with E-state index in [1.54, 1.807) is 6.07 Å². The average Bonchev–Trinajstić information content (AvgIpc) is 2.83. The summed E-state index contributed by atoms with van der Waals surface area (Å²) in [6.07, 6.45) is 0. The zero-order valence-corrected chi connectivity index (χ0v) is 12.5. The van der Waals surface area contributed by atoms with Gasteiger partial charge in [0.15, 0.2) is 0 Å². The molecule has 3 rings (SSSR count). The first-order valence-corrected chi connectivity index (χ1v) is 7.17. The van der Waals surface area contributed by atoms with Gasteiger partial charge >= 0.3 is 0 Å². The molecule has 0 aliphatic heterocycles. The maximum atomic E-state index is 13.8. The molecule has 0 saturated carbocycles. The summed E-state index contributed by atoms with van der Waals surface area (Å²) in [5.74, 6) is 0.414. The van der Waals surface area contributed by atoms with Crippen molar-refractivity contribution < 1.29 is 4.39 Å². The third-order valence-electron chi connectivity index (χ3n) is 3.06. The van der Waals surface area contributed by atoms with E-state index < -0.39 is 0 Å². The first-order valence-electron chi connectivity index (χ1n) is 6.38. The van der Waals surface area contributed by atoms with Crippen LogP contribution >= 0.6 is 15.9 Å². The number of hydrogen-bond acceptors (Lipinski definition) is 2. The maximum absolute atomic E-state index is 13.8. The van der Waals surface area contributed by atoms with Crippen LogP contribution in [0, 0.1) is 5.82 Å². The van der Waals surface area contributed by atoms with Crippen molar-refractivity contribution >= 4 is 32.9 Å². The highest BCUT2D eigenvalue weighted by atomic mass is 79.9. The number of halogens is 2. The summed E-state index contributed by atoms with van der Waals surface area (Å²) in [4.78, 5) is 4.54. The van der Waals surface area contributed by atoms with Crippen LogP contribution in [-0.4, -0.2) is 16.1 Å². The van der Waals surface area contributed by atoms with E-state index in [0.29, 0.717) is 10.4 Å². The molecule has 0 fully saturated rings. The van der Waals surface area contributed by atoms with Gasteiger partial charge in [-0.1, -0.05) is 18.2 Å². The highest BCUT2D eigenvalue weighted by Gasteiger charge is 2.16. The predicted molar refractivity (Wildman–Crippen MR) is 82.9 cm³/mol. The average molecular weight is 334 g/mol. The Hall–Kier alpha value is -1.88. The minimum absolute atomic E-state index is 0.294. The van der Waals surface area contributed by atoms with Crippen molar-refractivity contribution in [2.75, 3.05) is 11.9 Å². The minimum atomic E-state index is -0.294. The predicted octanol–water partition coefficient (Wildman–Crippen LogP) is 4.36. The summed E-state index contributed by atoms with van der Waals surface area (Å²) in [6, 6.07) is 12.9. The minimum Gasteiger partial charge on any atom is -0.356 e. The number of nitrogens with one attached hydrogen (secondary N) is 1. The largest absolute Gasteiger partial charge is 0.356 e. The molecule has 0 radical (unpaired) electrons. The lowest BCUT2D eigenvalue weighted by Gasteiger charge is -2.10. The van der Waals surface area contributed by atoms with Crippen LogP contribution in [0.2, 0.25) is 0 Å². The molecule has 1 aromatic heterocycles. The van der Waals surface area contributed by atoms with Gasteiger partial charge < -0.3 is 5.32 Å². The third kappa shape index (κ3) is 2.08. The number of hydrogen-bond donors (Lipinski definition) is 1. The fraction of sp³-hybridized carbons (Fsp3) is 0.133. The molecule has 0 saturated heterocycles. The van der Waals surface area contributed by atoms with Gasteiger partial charge in [0.2, 0.25) is 5.95 Å². The van der Waals surface area contributed by atoms with Crippen LogP contribution in [0.25, 0.3) is 16.7 Å². The van der Waals surface area contributed by atoms with Gasteiger partial charge in [-0.3, -0.25) is 4.57 Å². The van der Waals surface area contributed by atoms with Gasteiger partial charge in [-0.25, -0.2) is 9.37 Å². The Morgan fingerprint density at radius 3 is 2.65 bits per heavy atom. The second-order valence-corrected chi connectivity index (χ2v) is 5.16. The molecule has 2 aromatic carbocycles. The Morgan fingerprint density at radius 1 is 1.20 bits per heavy atom. The number of fused-ring (bicyclic) bond motifs is 1. The lowest BCUT2D eigenvalue weighted by Crippen LogP contribution is -2.05. The SMILES string of the molecule is CCNc1nc2ccc(F)c(Br)c2n1-c1ccccc1. The Labute approximate surface area is 124 Å². The number of nitrogens with zero attached hydrogens (tertiary/aromatic N) is 2. The van der Waals surface area contributed by atoms with Crippen molar-refractivity contribution in [2.45, 2.75) is 6.92 Å². The Morgan fingerprint density at radius 2 is 1.95 bits per heavy atom. The van der Waals surface area contributed by atoms with Crippen molar-refractivity contribution in [2.24, 2.45) is 0 Å². The van der Waals surface area contributed by atoms with Crippen LogP contribution in [0.3, 0.4) is 0 Å². The van der Waals surface area contributed by atoms with E-state index in [2.05, 4.69) is 26.2 Å². The molecule has 0 unspecified atom stereocenters. The molecule has 1 heterocycles. The van der Waals surface area contributed by atoms with Crippen molar-refractivity contribution in [3.63, 3.8) is 0 Å². The quantitative estimate of drug-likeness (QED) is 0.771. The molecular weight excluding hydrogens is 321 g/mol. The van der Waals surface area contributed by atoms with Crippen LogP contribution in [0.1, 0.15) is 6.92 Å². The topological polar surface area (TPSA) is 29.9 Å². The van der Waals surface area contributed by atoms with Crippen LogP contribution in [0.15, 0.2) is 46.9 Å². The standard InChI is InChI=1S/C15H13BrFN3/c1-2-18-15-19-12-9-8-11(17)13(16)14(12)20(15)10-6-4-3-5-7-10/h3-9H,2H2,1H3,(H,18,19). The van der Waals surface area contributed by atoms with Gasteiger partial charge in [0, 0.05) is 12.2 Å². The maximum Gasteiger partial charge on any atom is 0.208 e. The highest BCUT2D eigenvalue weighted by molar-refractivity contribution is 9.10. The van der Waals surface area contributed by atoms with Gasteiger partial charge in [0.25, 0.3) is 0 Å². The zero-order chi connectivity index (χ0) is 14.1. The summed E-state index contributed by atoms with van der Waals surface area (Å²) in [6.45, 7) is 2.75. The van der Waals surface area contributed by atoms with Gasteiger partial charge in [-0.2, -0.15) is 0 Å². The molecule has 3 nitrogen and oxygen atoms in total. The number of rotatable bonds is 3. The Kier molecular flexibility index (Phi) is 3.44. The molecule has 1 N–H and O–H groups in total. The molecule has 0 atom stereocenters. The van der Waals surface area contributed by atoms with Crippen LogP contribution in [0.5, 0.6) is 0 Å². The number of benzene rings is 2. The molecule has 0 spiro atoms. The smallest absolute Gasteiger partial charge is 0.208 e. The van der Waals surface area contributed by atoms with Gasteiger partial charge in [-0.05, 0) is 47.1 Å². The van der Waals surface area contributed by atoms with Gasteiger partial charge in [-0.15, -0.1) is 0 Å². The van der Waals surface area contributed by atoms with Crippen LogP contribution < -0.4 is 5.32 Å². The molecule has 5 heteroatoms. The van der Waals surface area contributed by atoms with E-state index in [1.165, 1.54) is 6.07 Å². The highest BCUT2D eigenvalue weighted by Crippen LogP contribution is 2.32. The Balaban J connectivity index is 2.37. The van der Waals surface area contributed by atoms with Crippen molar-refractivity contribution in [3.8, 4) is 5.69 Å². The molecule has 20 heavy (non-hydrogen) atoms. The second-order valence-electron chi connectivity index (χ2n) is 4.37. The summed E-state index contributed by atoms with van der Waals surface area (Å²) in [5, 5.41) is 3.22. The van der Waals surface area contributed by atoms with E-state index in [0.717, 1.165) is 23.3 Å². The van der Waals surface area contributed by atoms with Crippen molar-refractivity contribution in [3.05, 3.63) is 52.8 Å². The van der Waals surface area contributed by atoms with E-state index in [9.17, 15) is 4.39 Å². The summed E-state index contributed by atoms with van der Waals surface area (Å²) in [5.41, 5.74) is 2.42. The zero-order valence-electron chi connectivity index (χ0n) is 10.9. The Bertz CT molecular complexity index is 753. The molecule has 0 aliphatic carbocycles. The van der Waals surface area contributed by atoms with Crippen LogP contribution in [0.4, 0.5) is 10.3 Å². The molecule has 3 aromatic rings. The number of anilines is 1. The van der Waals surface area contributed by atoms with E-state index >= 15 is 0 Å². The van der Waals surface area contributed by atoms with Crippen molar-refractivity contribution in [1.82, 2.24) is 9.55 Å². The summed E-state index contributed by atoms with van der Waals surface area (Å²) >= 11 is 3.33. The molecule has 0 bridgehead atoms. The van der Waals surface area contributed by atoms with E-state index in [4.69, 9.17) is 0 Å². The third-order valence-corrected chi connectivity index (χ3v) is 3.81. The summed E-state index contributed by atoms with van der Waals surface area (Å²) < 4.78 is 16.2. The monoisotopic (exact) mass is 333 g/mol. The summed E-state index contributed by atoms with van der Waals surface area (Å²) in [7, 11) is 0. The van der Waals surface area contributed by atoms with E-state index in [-0.39, 0.29) is 5.82 Å². The van der Waals surface area contributed by atoms with E-state index in [1.807, 2.05) is 41.8 Å². The fourth-order valence-corrected chi connectivity index (χ4v) is 2.72. The number of para-hydroxylation sites is 1. The molecule has 102 valence electrons. The van der Waals surface area contributed by atoms with Crippen LogP contribution in [-0.2, 0) is 0 Å². The first kappa shape index (κ1) is 13.1. The first-order chi connectivity index (χ1) is 9.72.